The van der Waals surface area contributed by atoms with Crippen molar-refractivity contribution in [3.63, 3.8) is 0 Å². The van der Waals surface area contributed by atoms with Gasteiger partial charge in [0.15, 0.2) is 0 Å². The van der Waals surface area contributed by atoms with Gasteiger partial charge in [-0.05, 0) is 36.2 Å². The zero-order valence-electron chi connectivity index (χ0n) is 12.4. The first-order valence-electron chi connectivity index (χ1n) is 7.31. The Labute approximate surface area is 135 Å². The molecular weight excluding hydrogens is 296 g/mol. The molecule has 1 fully saturated rings. The van der Waals surface area contributed by atoms with Crippen molar-refractivity contribution >= 4 is 17.3 Å². The lowest BCUT2D eigenvalue weighted by Gasteiger charge is -2.35. The molecule has 1 aliphatic rings. The fourth-order valence-corrected chi connectivity index (χ4v) is 3.05. The van der Waals surface area contributed by atoms with Crippen molar-refractivity contribution in [2.45, 2.75) is 13.0 Å². The van der Waals surface area contributed by atoms with E-state index in [-0.39, 0.29) is 6.10 Å². The van der Waals surface area contributed by atoms with Crippen molar-refractivity contribution in [1.29, 1.82) is 5.26 Å². The maximum absolute atomic E-state index is 9.33. The number of halogens is 1. The number of morpholine rings is 1. The molecule has 0 radical (unpaired) electrons. The van der Waals surface area contributed by atoms with E-state index in [1.807, 2.05) is 24.3 Å². The normalized spacial score (nSPS) is 18.0. The predicted octanol–water partition coefficient (Wildman–Crippen LogP) is 4.10. The molecule has 0 aliphatic carbocycles. The van der Waals surface area contributed by atoms with Crippen LogP contribution in [0.3, 0.4) is 0 Å². The zero-order chi connectivity index (χ0) is 15.5. The highest BCUT2D eigenvalue weighted by Crippen LogP contribution is 2.30. The second-order valence-electron chi connectivity index (χ2n) is 5.44. The lowest BCUT2D eigenvalue weighted by Crippen LogP contribution is -2.39. The molecule has 3 nitrogen and oxygen atoms in total. The van der Waals surface area contributed by atoms with Crippen LogP contribution in [-0.4, -0.2) is 19.7 Å². The van der Waals surface area contributed by atoms with Gasteiger partial charge in [0.05, 0.1) is 17.9 Å². The summed E-state index contributed by atoms with van der Waals surface area (Å²) in [7, 11) is 0. The largest absolute Gasteiger partial charge is 0.370 e. The molecule has 2 aromatic rings. The van der Waals surface area contributed by atoms with E-state index in [4.69, 9.17) is 16.3 Å². The Morgan fingerprint density at radius 2 is 2.09 bits per heavy atom. The molecule has 0 aromatic heterocycles. The molecule has 0 bridgehead atoms. The van der Waals surface area contributed by atoms with Gasteiger partial charge in [-0.25, -0.2) is 0 Å². The molecule has 2 aromatic carbocycles. The number of hydrogen-bond acceptors (Lipinski definition) is 3. The van der Waals surface area contributed by atoms with E-state index in [1.54, 1.807) is 6.07 Å². The van der Waals surface area contributed by atoms with Crippen molar-refractivity contribution in [1.82, 2.24) is 0 Å². The van der Waals surface area contributed by atoms with E-state index < -0.39 is 0 Å². The van der Waals surface area contributed by atoms with Crippen LogP contribution >= 0.6 is 11.6 Å². The second kappa shape index (κ2) is 6.39. The van der Waals surface area contributed by atoms with Crippen LogP contribution in [-0.2, 0) is 4.74 Å². The van der Waals surface area contributed by atoms with Crippen LogP contribution in [0.1, 0.15) is 22.8 Å². The molecule has 1 aliphatic heterocycles. The number of rotatable bonds is 2. The van der Waals surface area contributed by atoms with E-state index in [9.17, 15) is 5.26 Å². The summed E-state index contributed by atoms with van der Waals surface area (Å²) >= 11 is 5.99. The first-order valence-corrected chi connectivity index (χ1v) is 7.68. The van der Waals surface area contributed by atoms with Gasteiger partial charge in [0.1, 0.15) is 12.2 Å². The SMILES string of the molecule is Cc1ccccc1C1CN(c2ccc(Cl)cc2C#N)CCO1. The fourth-order valence-electron chi connectivity index (χ4n) is 2.88. The number of benzene rings is 2. The standard InChI is InChI=1S/C18H17ClN2O/c1-13-4-2-3-5-16(13)18-12-21(8-9-22-18)17-7-6-15(19)10-14(17)11-20/h2-7,10,18H,8-9,12H2,1H3. The molecule has 0 amide bonds. The quantitative estimate of drug-likeness (QED) is 0.837. The Bertz CT molecular complexity index is 723. The lowest BCUT2D eigenvalue weighted by atomic mass is 10.0. The van der Waals surface area contributed by atoms with Gasteiger partial charge in [0.2, 0.25) is 0 Å². The van der Waals surface area contributed by atoms with Crippen LogP contribution in [0.15, 0.2) is 42.5 Å². The number of aryl methyl sites for hydroxylation is 1. The monoisotopic (exact) mass is 312 g/mol. The highest BCUT2D eigenvalue weighted by molar-refractivity contribution is 6.30. The average molecular weight is 313 g/mol. The Kier molecular flexibility index (Phi) is 4.33. The Balaban J connectivity index is 1.88. The van der Waals surface area contributed by atoms with Gasteiger partial charge >= 0.3 is 0 Å². The van der Waals surface area contributed by atoms with Crippen LogP contribution in [0.5, 0.6) is 0 Å². The number of nitriles is 1. The van der Waals surface area contributed by atoms with Crippen molar-refractivity contribution in [3.8, 4) is 6.07 Å². The van der Waals surface area contributed by atoms with Crippen molar-refractivity contribution in [2.24, 2.45) is 0 Å². The highest BCUT2D eigenvalue weighted by atomic mass is 35.5. The predicted molar refractivity (Wildman–Crippen MR) is 88.3 cm³/mol. The van der Waals surface area contributed by atoms with Gasteiger partial charge in [0.25, 0.3) is 0 Å². The van der Waals surface area contributed by atoms with E-state index in [0.29, 0.717) is 17.2 Å². The molecule has 22 heavy (non-hydrogen) atoms. The summed E-state index contributed by atoms with van der Waals surface area (Å²) in [6, 6.07) is 16.0. The third-order valence-electron chi connectivity index (χ3n) is 4.02. The minimum absolute atomic E-state index is 0.0252. The van der Waals surface area contributed by atoms with Crippen molar-refractivity contribution in [3.05, 3.63) is 64.2 Å². The van der Waals surface area contributed by atoms with Crippen LogP contribution in [0.25, 0.3) is 0 Å². The van der Waals surface area contributed by atoms with Crippen LogP contribution in [0, 0.1) is 18.3 Å². The Hall–Kier alpha value is -2.02. The number of ether oxygens (including phenoxy) is 1. The molecule has 1 heterocycles. The van der Waals surface area contributed by atoms with Gasteiger partial charge < -0.3 is 9.64 Å². The third-order valence-corrected chi connectivity index (χ3v) is 4.26. The molecule has 112 valence electrons. The lowest BCUT2D eigenvalue weighted by molar-refractivity contribution is 0.0394. The smallest absolute Gasteiger partial charge is 0.101 e. The van der Waals surface area contributed by atoms with Gasteiger partial charge in [-0.15, -0.1) is 0 Å². The Morgan fingerprint density at radius 3 is 2.86 bits per heavy atom. The van der Waals surface area contributed by atoms with E-state index in [0.717, 1.165) is 18.8 Å². The third kappa shape index (κ3) is 2.94. The zero-order valence-corrected chi connectivity index (χ0v) is 13.2. The molecule has 1 unspecified atom stereocenters. The summed E-state index contributed by atoms with van der Waals surface area (Å²) in [6.45, 7) is 4.26. The summed E-state index contributed by atoms with van der Waals surface area (Å²) < 4.78 is 5.94. The van der Waals surface area contributed by atoms with E-state index in [1.165, 1.54) is 11.1 Å². The molecule has 0 N–H and O–H groups in total. The van der Waals surface area contributed by atoms with Crippen LogP contribution < -0.4 is 4.90 Å². The highest BCUT2D eigenvalue weighted by Gasteiger charge is 2.24. The van der Waals surface area contributed by atoms with Crippen molar-refractivity contribution in [2.75, 3.05) is 24.6 Å². The van der Waals surface area contributed by atoms with Gasteiger partial charge in [0, 0.05) is 18.1 Å². The molecular formula is C18H17ClN2O. The van der Waals surface area contributed by atoms with Crippen LogP contribution in [0.2, 0.25) is 5.02 Å². The number of anilines is 1. The van der Waals surface area contributed by atoms with E-state index in [2.05, 4.69) is 30.0 Å². The molecule has 3 rings (SSSR count). The number of nitrogens with zero attached hydrogens (tertiary/aromatic N) is 2. The molecule has 0 saturated carbocycles. The minimum Gasteiger partial charge on any atom is -0.370 e. The van der Waals surface area contributed by atoms with Crippen molar-refractivity contribution < 1.29 is 4.74 Å². The minimum atomic E-state index is 0.0252. The molecule has 0 spiro atoms. The summed E-state index contributed by atoms with van der Waals surface area (Å²) in [5.74, 6) is 0. The first-order chi connectivity index (χ1) is 10.7. The average Bonchev–Trinajstić information content (AvgIpc) is 2.55. The summed E-state index contributed by atoms with van der Waals surface area (Å²) in [6.07, 6.45) is 0.0252. The van der Waals surface area contributed by atoms with Crippen LogP contribution in [0.4, 0.5) is 5.69 Å². The topological polar surface area (TPSA) is 36.3 Å². The van der Waals surface area contributed by atoms with E-state index >= 15 is 0 Å². The molecule has 1 atom stereocenters. The maximum Gasteiger partial charge on any atom is 0.101 e. The summed E-state index contributed by atoms with van der Waals surface area (Å²) in [5.41, 5.74) is 3.97. The fraction of sp³-hybridized carbons (Fsp3) is 0.278. The summed E-state index contributed by atoms with van der Waals surface area (Å²) in [5, 5.41) is 9.92. The summed E-state index contributed by atoms with van der Waals surface area (Å²) in [4.78, 5) is 2.20. The van der Waals surface area contributed by atoms with Gasteiger partial charge in [-0.1, -0.05) is 35.9 Å². The molecule has 4 heteroatoms. The Morgan fingerprint density at radius 1 is 1.27 bits per heavy atom. The first kappa shape index (κ1) is 14.9. The maximum atomic E-state index is 9.33. The number of hydrogen-bond donors (Lipinski definition) is 0. The second-order valence-corrected chi connectivity index (χ2v) is 5.87. The molecule has 1 saturated heterocycles. The van der Waals surface area contributed by atoms with Gasteiger partial charge in [-0.2, -0.15) is 5.26 Å². The van der Waals surface area contributed by atoms with Gasteiger partial charge in [-0.3, -0.25) is 0 Å².